The molecule has 0 aliphatic heterocycles. The fourth-order valence-electron chi connectivity index (χ4n) is 4.88. The van der Waals surface area contributed by atoms with Gasteiger partial charge in [0.05, 0.1) is 6.61 Å². The number of hydrogen-bond donors (Lipinski definition) is 0. The highest BCUT2D eigenvalue weighted by molar-refractivity contribution is 5.64. The third-order valence-corrected chi connectivity index (χ3v) is 6.91. The van der Waals surface area contributed by atoms with Crippen LogP contribution in [0.1, 0.15) is 90.0 Å². The minimum Gasteiger partial charge on any atom is -0.490 e. The largest absolute Gasteiger partial charge is 0.490 e. The van der Waals surface area contributed by atoms with Crippen LogP contribution in [0.15, 0.2) is 42.5 Å². The monoisotopic (exact) mass is 424 g/mol. The lowest BCUT2D eigenvalue weighted by Crippen LogP contribution is -2.20. The van der Waals surface area contributed by atoms with E-state index in [1.807, 2.05) is 6.07 Å². The smallest absolute Gasteiger partial charge is 0.165 e. The van der Waals surface area contributed by atoms with Gasteiger partial charge in [0.2, 0.25) is 0 Å². The van der Waals surface area contributed by atoms with E-state index in [1.54, 1.807) is 12.1 Å². The molecule has 2 aromatic carbocycles. The standard InChI is InChI=1S/C29H41FO/c1-3-5-6-7-8-10-24-11-13-25(14-12-24)22-31-29-20-19-27(21-28(29)30)26-17-15-23(9-4-2)16-18-26/h15-21,24-25H,3-14,22H2,1-2H3/t24-,25-. The molecule has 0 saturated heterocycles. The maximum atomic E-state index is 14.7. The fraction of sp³-hybridized carbons (Fsp3) is 0.586. The average Bonchev–Trinajstić information content (AvgIpc) is 2.80. The van der Waals surface area contributed by atoms with Crippen molar-refractivity contribution < 1.29 is 9.13 Å². The summed E-state index contributed by atoms with van der Waals surface area (Å²) in [6.07, 6.45) is 15.6. The number of halogens is 1. The van der Waals surface area contributed by atoms with Crippen molar-refractivity contribution in [1.29, 1.82) is 0 Å². The number of ether oxygens (including phenoxy) is 1. The molecule has 1 aliphatic rings. The second-order valence-electron chi connectivity index (χ2n) is 9.49. The van der Waals surface area contributed by atoms with Gasteiger partial charge in [-0.2, -0.15) is 0 Å². The lowest BCUT2D eigenvalue weighted by atomic mass is 9.80. The van der Waals surface area contributed by atoms with Crippen molar-refractivity contribution in [3.05, 3.63) is 53.8 Å². The number of aryl methyl sites for hydroxylation is 1. The van der Waals surface area contributed by atoms with Crippen LogP contribution in [0.5, 0.6) is 5.75 Å². The normalized spacial score (nSPS) is 18.8. The van der Waals surface area contributed by atoms with Crippen molar-refractivity contribution in [3.8, 4) is 16.9 Å². The Bertz CT molecular complexity index is 759. The van der Waals surface area contributed by atoms with Gasteiger partial charge < -0.3 is 4.74 Å². The van der Waals surface area contributed by atoms with Gasteiger partial charge in [-0.3, -0.25) is 0 Å². The second-order valence-corrected chi connectivity index (χ2v) is 9.49. The van der Waals surface area contributed by atoms with E-state index in [1.165, 1.54) is 69.8 Å². The summed E-state index contributed by atoms with van der Waals surface area (Å²) >= 11 is 0. The molecule has 1 nitrogen and oxygen atoms in total. The van der Waals surface area contributed by atoms with Gasteiger partial charge in [-0.1, -0.05) is 102 Å². The molecule has 1 fully saturated rings. The molecule has 0 radical (unpaired) electrons. The SMILES string of the molecule is CCCCCCC[C@H]1CC[C@H](COc2ccc(-c3ccc(CCC)cc3)cc2F)CC1. The van der Waals surface area contributed by atoms with Crippen molar-refractivity contribution in [3.63, 3.8) is 0 Å². The minimum atomic E-state index is -0.254. The van der Waals surface area contributed by atoms with Crippen molar-refractivity contribution >= 4 is 0 Å². The summed E-state index contributed by atoms with van der Waals surface area (Å²) in [6.45, 7) is 5.10. The first-order valence-corrected chi connectivity index (χ1v) is 12.7. The Morgan fingerprint density at radius 2 is 1.45 bits per heavy atom. The van der Waals surface area contributed by atoms with Gasteiger partial charge in [0.25, 0.3) is 0 Å². The number of hydrogen-bond acceptors (Lipinski definition) is 1. The molecule has 1 aliphatic carbocycles. The first-order chi connectivity index (χ1) is 15.2. The van der Waals surface area contributed by atoms with Crippen LogP contribution < -0.4 is 4.74 Å². The zero-order valence-corrected chi connectivity index (χ0v) is 19.7. The van der Waals surface area contributed by atoms with Gasteiger partial charge in [-0.15, -0.1) is 0 Å². The zero-order valence-electron chi connectivity index (χ0n) is 19.7. The zero-order chi connectivity index (χ0) is 21.9. The number of benzene rings is 2. The molecule has 2 aromatic rings. The van der Waals surface area contributed by atoms with Crippen LogP contribution in [0.2, 0.25) is 0 Å². The van der Waals surface area contributed by atoms with E-state index in [0.717, 1.165) is 29.9 Å². The highest BCUT2D eigenvalue weighted by atomic mass is 19.1. The molecule has 0 bridgehead atoms. The summed E-state index contributed by atoms with van der Waals surface area (Å²) in [5, 5.41) is 0. The molecular weight excluding hydrogens is 383 g/mol. The molecule has 0 atom stereocenters. The van der Waals surface area contributed by atoms with E-state index in [9.17, 15) is 4.39 Å². The third-order valence-electron chi connectivity index (χ3n) is 6.91. The van der Waals surface area contributed by atoms with Gasteiger partial charge >= 0.3 is 0 Å². The summed E-state index contributed by atoms with van der Waals surface area (Å²) in [7, 11) is 0. The van der Waals surface area contributed by atoms with Crippen LogP contribution in [0.25, 0.3) is 11.1 Å². The predicted octanol–water partition coefficient (Wildman–Crippen LogP) is 8.99. The third kappa shape index (κ3) is 7.66. The van der Waals surface area contributed by atoms with Crippen molar-refractivity contribution in [2.45, 2.75) is 90.9 Å². The summed E-state index contributed by atoms with van der Waals surface area (Å²) < 4.78 is 20.6. The summed E-state index contributed by atoms with van der Waals surface area (Å²) in [5.74, 6) is 1.61. The van der Waals surface area contributed by atoms with Crippen molar-refractivity contribution in [2.75, 3.05) is 6.61 Å². The van der Waals surface area contributed by atoms with E-state index in [0.29, 0.717) is 18.3 Å². The van der Waals surface area contributed by atoms with E-state index < -0.39 is 0 Å². The fourth-order valence-corrected chi connectivity index (χ4v) is 4.88. The Morgan fingerprint density at radius 1 is 0.774 bits per heavy atom. The van der Waals surface area contributed by atoms with Crippen molar-refractivity contribution in [1.82, 2.24) is 0 Å². The Labute approximate surface area is 189 Å². The molecule has 2 heteroatoms. The van der Waals surface area contributed by atoms with Gasteiger partial charge in [-0.25, -0.2) is 4.39 Å². The summed E-state index contributed by atoms with van der Waals surface area (Å²) in [5.41, 5.74) is 3.29. The number of rotatable bonds is 12. The molecular formula is C29H41FO. The highest BCUT2D eigenvalue weighted by Gasteiger charge is 2.21. The van der Waals surface area contributed by atoms with Gasteiger partial charge in [-0.05, 0) is 59.9 Å². The molecule has 3 rings (SSSR count). The molecule has 0 heterocycles. The Kier molecular flexibility index (Phi) is 9.90. The lowest BCUT2D eigenvalue weighted by molar-refractivity contribution is 0.173. The molecule has 1 saturated carbocycles. The predicted molar refractivity (Wildman–Crippen MR) is 130 cm³/mol. The molecule has 0 spiro atoms. The molecule has 0 unspecified atom stereocenters. The van der Waals surface area contributed by atoms with Crippen LogP contribution in [0, 0.1) is 17.7 Å². The maximum Gasteiger partial charge on any atom is 0.165 e. The van der Waals surface area contributed by atoms with Crippen LogP contribution in [-0.2, 0) is 6.42 Å². The molecule has 31 heavy (non-hydrogen) atoms. The Balaban J connectivity index is 1.42. The van der Waals surface area contributed by atoms with Crippen molar-refractivity contribution in [2.24, 2.45) is 11.8 Å². The van der Waals surface area contributed by atoms with E-state index >= 15 is 0 Å². The first kappa shape index (κ1) is 23.8. The second kappa shape index (κ2) is 12.9. The highest BCUT2D eigenvalue weighted by Crippen LogP contribution is 2.33. The lowest BCUT2D eigenvalue weighted by Gasteiger charge is -2.28. The quantitative estimate of drug-likeness (QED) is 0.309. The van der Waals surface area contributed by atoms with Crippen LogP contribution in [0.3, 0.4) is 0 Å². The average molecular weight is 425 g/mol. The number of unbranched alkanes of at least 4 members (excludes halogenated alkanes) is 4. The molecule has 0 aromatic heterocycles. The van der Waals surface area contributed by atoms with E-state index in [-0.39, 0.29) is 5.82 Å². The molecule has 0 amide bonds. The van der Waals surface area contributed by atoms with Crippen LogP contribution in [-0.4, -0.2) is 6.61 Å². The van der Waals surface area contributed by atoms with Gasteiger partial charge in [0.15, 0.2) is 11.6 Å². The molecule has 170 valence electrons. The molecule has 0 N–H and O–H groups in total. The Morgan fingerprint density at radius 3 is 2.13 bits per heavy atom. The first-order valence-electron chi connectivity index (χ1n) is 12.7. The van der Waals surface area contributed by atoms with E-state index in [4.69, 9.17) is 4.74 Å². The Hall–Kier alpha value is -1.83. The minimum absolute atomic E-state index is 0.254. The summed E-state index contributed by atoms with van der Waals surface area (Å²) in [4.78, 5) is 0. The van der Waals surface area contributed by atoms with Gasteiger partial charge in [0, 0.05) is 0 Å². The topological polar surface area (TPSA) is 9.23 Å². The van der Waals surface area contributed by atoms with Crippen LogP contribution >= 0.6 is 0 Å². The maximum absolute atomic E-state index is 14.7. The van der Waals surface area contributed by atoms with Gasteiger partial charge in [0.1, 0.15) is 0 Å². The van der Waals surface area contributed by atoms with Crippen LogP contribution in [0.4, 0.5) is 4.39 Å². The summed E-state index contributed by atoms with van der Waals surface area (Å²) in [6, 6.07) is 13.8. The van der Waals surface area contributed by atoms with E-state index in [2.05, 4.69) is 38.1 Å².